The Morgan fingerprint density at radius 2 is 2.31 bits per heavy atom. The number of methoxy groups -OCH3 is 1. The Bertz CT molecular complexity index is 198. The highest BCUT2D eigenvalue weighted by Crippen LogP contribution is 2.49. The van der Waals surface area contributed by atoms with Crippen LogP contribution < -0.4 is 0 Å². The van der Waals surface area contributed by atoms with Gasteiger partial charge in [0, 0.05) is 0 Å². The fraction of sp³-hybridized carbons (Fsp3) is 0.727. The molecule has 1 fully saturated rings. The summed E-state index contributed by atoms with van der Waals surface area (Å²) in [5, 5.41) is 0. The zero-order valence-electron chi connectivity index (χ0n) is 8.45. The highest BCUT2D eigenvalue weighted by molar-refractivity contribution is 5.76. The van der Waals surface area contributed by atoms with E-state index in [1.165, 1.54) is 7.11 Å². The Morgan fingerprint density at radius 3 is 2.85 bits per heavy atom. The van der Waals surface area contributed by atoms with Crippen LogP contribution in [0.4, 0.5) is 0 Å². The van der Waals surface area contributed by atoms with E-state index in [0.29, 0.717) is 11.8 Å². The van der Waals surface area contributed by atoms with Crippen LogP contribution in [-0.4, -0.2) is 13.1 Å². The van der Waals surface area contributed by atoms with Crippen molar-refractivity contribution in [2.75, 3.05) is 7.11 Å². The SMILES string of the molecule is C=CCCCC1C(C)C1C(=O)OC. The van der Waals surface area contributed by atoms with Crippen LogP contribution in [-0.2, 0) is 9.53 Å². The number of rotatable bonds is 5. The summed E-state index contributed by atoms with van der Waals surface area (Å²) in [7, 11) is 1.47. The average Bonchev–Trinajstić information content (AvgIpc) is 2.76. The first kappa shape index (κ1) is 10.3. The van der Waals surface area contributed by atoms with Crippen LogP contribution in [0, 0.1) is 17.8 Å². The molecule has 0 N–H and O–H groups in total. The van der Waals surface area contributed by atoms with Crippen LogP contribution in [0.15, 0.2) is 12.7 Å². The molecule has 0 aromatic heterocycles. The third-order valence-corrected chi connectivity index (χ3v) is 2.98. The summed E-state index contributed by atoms with van der Waals surface area (Å²) in [6, 6.07) is 0. The van der Waals surface area contributed by atoms with Crippen molar-refractivity contribution in [2.24, 2.45) is 17.8 Å². The van der Waals surface area contributed by atoms with Crippen molar-refractivity contribution in [1.82, 2.24) is 0 Å². The largest absolute Gasteiger partial charge is 0.469 e. The third-order valence-electron chi connectivity index (χ3n) is 2.98. The number of ether oxygens (including phenoxy) is 1. The van der Waals surface area contributed by atoms with Gasteiger partial charge in [0.1, 0.15) is 0 Å². The molecule has 0 spiro atoms. The number of carbonyl (C=O) groups excluding carboxylic acids is 1. The molecule has 1 aliphatic rings. The molecule has 0 saturated heterocycles. The van der Waals surface area contributed by atoms with E-state index in [0.717, 1.165) is 19.3 Å². The molecule has 0 heterocycles. The molecule has 1 aliphatic carbocycles. The van der Waals surface area contributed by atoms with Crippen molar-refractivity contribution < 1.29 is 9.53 Å². The highest BCUT2D eigenvalue weighted by Gasteiger charge is 2.51. The van der Waals surface area contributed by atoms with Crippen molar-refractivity contribution in [3.63, 3.8) is 0 Å². The van der Waals surface area contributed by atoms with Gasteiger partial charge in [0.05, 0.1) is 13.0 Å². The Kier molecular flexibility index (Phi) is 3.52. The van der Waals surface area contributed by atoms with E-state index < -0.39 is 0 Å². The van der Waals surface area contributed by atoms with Crippen molar-refractivity contribution in [1.29, 1.82) is 0 Å². The summed E-state index contributed by atoms with van der Waals surface area (Å²) >= 11 is 0. The van der Waals surface area contributed by atoms with Gasteiger partial charge in [-0.05, 0) is 31.1 Å². The van der Waals surface area contributed by atoms with Gasteiger partial charge in [-0.25, -0.2) is 0 Å². The summed E-state index contributed by atoms with van der Waals surface area (Å²) in [4.78, 5) is 11.2. The molecule has 0 radical (unpaired) electrons. The normalized spacial score (nSPS) is 31.1. The van der Waals surface area contributed by atoms with Crippen molar-refractivity contribution in [3.05, 3.63) is 12.7 Å². The lowest BCUT2D eigenvalue weighted by Crippen LogP contribution is -2.04. The van der Waals surface area contributed by atoms with Gasteiger partial charge in [0.15, 0.2) is 0 Å². The van der Waals surface area contributed by atoms with Crippen molar-refractivity contribution in [3.8, 4) is 0 Å². The zero-order chi connectivity index (χ0) is 9.84. The first-order valence-corrected chi connectivity index (χ1v) is 4.91. The predicted octanol–water partition coefficient (Wildman–Crippen LogP) is 2.40. The van der Waals surface area contributed by atoms with Crippen LogP contribution in [0.3, 0.4) is 0 Å². The molecule has 0 aromatic rings. The highest BCUT2D eigenvalue weighted by atomic mass is 16.5. The molecule has 0 bridgehead atoms. The van der Waals surface area contributed by atoms with E-state index in [4.69, 9.17) is 4.74 Å². The molecule has 74 valence electrons. The summed E-state index contributed by atoms with van der Waals surface area (Å²) in [6.45, 7) is 5.80. The van der Waals surface area contributed by atoms with E-state index in [1.807, 2.05) is 6.08 Å². The fourth-order valence-corrected chi connectivity index (χ4v) is 2.01. The maximum Gasteiger partial charge on any atom is 0.309 e. The third kappa shape index (κ3) is 2.33. The Hall–Kier alpha value is -0.790. The Labute approximate surface area is 80.0 Å². The molecule has 0 amide bonds. The van der Waals surface area contributed by atoms with E-state index in [1.54, 1.807) is 0 Å². The van der Waals surface area contributed by atoms with Gasteiger partial charge in [-0.3, -0.25) is 4.79 Å². The van der Waals surface area contributed by atoms with E-state index >= 15 is 0 Å². The van der Waals surface area contributed by atoms with Gasteiger partial charge in [-0.1, -0.05) is 13.0 Å². The number of esters is 1. The molecular formula is C11H18O2. The molecule has 1 saturated carbocycles. The molecule has 0 aromatic carbocycles. The lowest BCUT2D eigenvalue weighted by Gasteiger charge is -1.96. The molecule has 1 rings (SSSR count). The van der Waals surface area contributed by atoms with Crippen molar-refractivity contribution >= 4 is 5.97 Å². The summed E-state index contributed by atoms with van der Waals surface area (Å²) < 4.78 is 4.72. The van der Waals surface area contributed by atoms with Gasteiger partial charge >= 0.3 is 5.97 Å². The first-order chi connectivity index (χ1) is 6.22. The molecule has 13 heavy (non-hydrogen) atoms. The van der Waals surface area contributed by atoms with Gasteiger partial charge < -0.3 is 4.74 Å². The standard InChI is InChI=1S/C11H18O2/c1-4-5-6-7-9-8(2)10(9)11(12)13-3/h4,8-10H,1,5-7H2,2-3H3. The minimum absolute atomic E-state index is 0.0314. The summed E-state index contributed by atoms with van der Waals surface area (Å²) in [5.74, 6) is 1.23. The zero-order valence-corrected chi connectivity index (χ0v) is 8.45. The number of hydrogen-bond acceptors (Lipinski definition) is 2. The van der Waals surface area contributed by atoms with Crippen LogP contribution in [0.25, 0.3) is 0 Å². The fourth-order valence-electron chi connectivity index (χ4n) is 2.01. The van der Waals surface area contributed by atoms with Crippen LogP contribution in [0.1, 0.15) is 26.2 Å². The predicted molar refractivity (Wildman–Crippen MR) is 52.2 cm³/mol. The second kappa shape index (κ2) is 4.45. The molecule has 2 heteroatoms. The van der Waals surface area contributed by atoms with Crippen LogP contribution >= 0.6 is 0 Å². The molecular weight excluding hydrogens is 164 g/mol. The molecule has 0 aliphatic heterocycles. The quantitative estimate of drug-likeness (QED) is 0.371. The van der Waals surface area contributed by atoms with Gasteiger partial charge in [0.2, 0.25) is 0 Å². The maximum absolute atomic E-state index is 11.2. The number of hydrogen-bond donors (Lipinski definition) is 0. The van der Waals surface area contributed by atoms with Crippen LogP contribution in [0.2, 0.25) is 0 Å². The lowest BCUT2D eigenvalue weighted by molar-refractivity contribution is -0.142. The second-order valence-corrected chi connectivity index (χ2v) is 3.79. The minimum Gasteiger partial charge on any atom is -0.469 e. The van der Waals surface area contributed by atoms with E-state index in [-0.39, 0.29) is 11.9 Å². The topological polar surface area (TPSA) is 26.3 Å². The Morgan fingerprint density at radius 1 is 1.62 bits per heavy atom. The van der Waals surface area contributed by atoms with Crippen molar-refractivity contribution in [2.45, 2.75) is 26.2 Å². The van der Waals surface area contributed by atoms with Gasteiger partial charge in [-0.2, -0.15) is 0 Å². The molecule has 2 nitrogen and oxygen atoms in total. The first-order valence-electron chi connectivity index (χ1n) is 4.91. The van der Waals surface area contributed by atoms with Gasteiger partial charge in [-0.15, -0.1) is 6.58 Å². The average molecular weight is 182 g/mol. The van der Waals surface area contributed by atoms with E-state index in [2.05, 4.69) is 13.5 Å². The van der Waals surface area contributed by atoms with Crippen LogP contribution in [0.5, 0.6) is 0 Å². The number of carbonyl (C=O) groups is 1. The number of unbranched alkanes of at least 4 members (excludes halogenated alkanes) is 1. The van der Waals surface area contributed by atoms with E-state index in [9.17, 15) is 4.79 Å². The maximum atomic E-state index is 11.2. The lowest BCUT2D eigenvalue weighted by atomic mass is 10.1. The molecule has 3 atom stereocenters. The monoisotopic (exact) mass is 182 g/mol. The van der Waals surface area contributed by atoms with Gasteiger partial charge in [0.25, 0.3) is 0 Å². The Balaban J connectivity index is 2.23. The smallest absolute Gasteiger partial charge is 0.309 e. The summed E-state index contributed by atoms with van der Waals surface area (Å²) in [5.41, 5.74) is 0. The number of allylic oxidation sites excluding steroid dienone is 1. The summed E-state index contributed by atoms with van der Waals surface area (Å²) in [6.07, 6.45) is 5.26. The minimum atomic E-state index is -0.0314. The molecule has 3 unspecified atom stereocenters. The second-order valence-electron chi connectivity index (χ2n) is 3.79.